The second kappa shape index (κ2) is 6.97. The van der Waals surface area contributed by atoms with Gasteiger partial charge in [-0.05, 0) is 36.3 Å². The van der Waals surface area contributed by atoms with Gasteiger partial charge in [-0.25, -0.2) is 0 Å². The normalized spacial score (nSPS) is 19.0. The Morgan fingerprint density at radius 3 is 2.20 bits per heavy atom. The minimum Gasteiger partial charge on any atom is -0.171 e. The molecular weight excluding hydrogens is 329 g/mol. The molecule has 0 radical (unpaired) electrons. The van der Waals surface area contributed by atoms with E-state index in [4.69, 9.17) is 0 Å². The van der Waals surface area contributed by atoms with Gasteiger partial charge in [-0.15, -0.1) is 0 Å². The molecule has 1 fully saturated rings. The minimum atomic E-state index is -4.08. The predicted octanol–water partition coefficient (Wildman–Crippen LogP) is 6.51. The standard InChI is InChI=1S/C16H20BrF3/c17-15(10-11-16(18,19)20)14-8-6-13(7-9-14)12-4-2-1-3-5-12/h6-9,12,15H,1-5,10-11H2. The van der Waals surface area contributed by atoms with Crippen LogP contribution in [0.15, 0.2) is 24.3 Å². The summed E-state index contributed by atoms with van der Waals surface area (Å²) >= 11 is 3.36. The van der Waals surface area contributed by atoms with Gasteiger partial charge >= 0.3 is 6.18 Å². The van der Waals surface area contributed by atoms with Gasteiger partial charge in [0, 0.05) is 11.2 Å². The molecule has 0 saturated heterocycles. The fourth-order valence-electron chi connectivity index (χ4n) is 2.87. The molecule has 1 aromatic carbocycles. The van der Waals surface area contributed by atoms with E-state index in [1.807, 2.05) is 12.1 Å². The molecule has 1 saturated carbocycles. The summed E-state index contributed by atoms with van der Waals surface area (Å²) in [4.78, 5) is -0.218. The molecule has 0 aromatic heterocycles. The lowest BCUT2D eigenvalue weighted by Crippen LogP contribution is -2.08. The Labute approximate surface area is 126 Å². The van der Waals surface area contributed by atoms with Gasteiger partial charge in [0.1, 0.15) is 0 Å². The highest BCUT2D eigenvalue weighted by atomic mass is 79.9. The van der Waals surface area contributed by atoms with Gasteiger partial charge in [-0.2, -0.15) is 13.2 Å². The molecule has 1 aliphatic rings. The first-order valence-corrected chi connectivity index (χ1v) is 8.18. The van der Waals surface area contributed by atoms with E-state index in [2.05, 4.69) is 28.1 Å². The van der Waals surface area contributed by atoms with E-state index in [9.17, 15) is 13.2 Å². The average Bonchev–Trinajstić information content (AvgIpc) is 2.45. The summed E-state index contributed by atoms with van der Waals surface area (Å²) in [5.41, 5.74) is 2.28. The Morgan fingerprint density at radius 2 is 1.65 bits per heavy atom. The number of halogens is 4. The van der Waals surface area contributed by atoms with Crippen molar-refractivity contribution in [2.75, 3.05) is 0 Å². The van der Waals surface area contributed by atoms with Crippen LogP contribution in [-0.2, 0) is 0 Å². The molecule has 1 atom stereocenters. The number of benzene rings is 1. The van der Waals surface area contributed by atoms with Crippen LogP contribution >= 0.6 is 15.9 Å². The highest BCUT2D eigenvalue weighted by molar-refractivity contribution is 9.09. The smallest absolute Gasteiger partial charge is 0.171 e. The molecule has 0 spiro atoms. The zero-order valence-corrected chi connectivity index (χ0v) is 13.0. The molecule has 0 amide bonds. The van der Waals surface area contributed by atoms with Crippen molar-refractivity contribution in [3.05, 3.63) is 35.4 Å². The van der Waals surface area contributed by atoms with E-state index in [-0.39, 0.29) is 11.2 Å². The minimum absolute atomic E-state index is 0.0896. The Balaban J connectivity index is 1.93. The van der Waals surface area contributed by atoms with Crippen molar-refractivity contribution in [2.45, 2.75) is 61.9 Å². The van der Waals surface area contributed by atoms with Crippen LogP contribution in [0.4, 0.5) is 13.2 Å². The Bertz CT molecular complexity index is 405. The van der Waals surface area contributed by atoms with Crippen LogP contribution < -0.4 is 0 Å². The third-order valence-corrected chi connectivity index (χ3v) is 5.04. The van der Waals surface area contributed by atoms with E-state index in [0.717, 1.165) is 5.56 Å². The van der Waals surface area contributed by atoms with Crippen LogP contribution in [0.25, 0.3) is 0 Å². The van der Waals surface area contributed by atoms with Gasteiger partial charge in [0.2, 0.25) is 0 Å². The number of hydrogen-bond donors (Lipinski definition) is 0. The van der Waals surface area contributed by atoms with Crippen LogP contribution in [-0.4, -0.2) is 6.18 Å². The van der Waals surface area contributed by atoms with Gasteiger partial charge in [-0.1, -0.05) is 59.5 Å². The van der Waals surface area contributed by atoms with Crippen molar-refractivity contribution in [1.29, 1.82) is 0 Å². The van der Waals surface area contributed by atoms with Crippen molar-refractivity contribution in [3.8, 4) is 0 Å². The largest absolute Gasteiger partial charge is 0.389 e. The molecule has 20 heavy (non-hydrogen) atoms. The van der Waals surface area contributed by atoms with Gasteiger partial charge in [0.15, 0.2) is 0 Å². The third kappa shape index (κ3) is 4.80. The van der Waals surface area contributed by atoms with Crippen molar-refractivity contribution in [1.82, 2.24) is 0 Å². The first-order valence-electron chi connectivity index (χ1n) is 7.26. The van der Waals surface area contributed by atoms with E-state index in [1.54, 1.807) is 0 Å². The SMILES string of the molecule is FC(F)(F)CCC(Br)c1ccc(C2CCCCC2)cc1. The molecule has 4 heteroatoms. The molecule has 2 rings (SSSR count). The van der Waals surface area contributed by atoms with Crippen molar-refractivity contribution in [3.63, 3.8) is 0 Å². The molecule has 0 heterocycles. The quantitative estimate of drug-likeness (QED) is 0.543. The maximum Gasteiger partial charge on any atom is 0.389 e. The van der Waals surface area contributed by atoms with Gasteiger partial charge in [0.05, 0.1) is 0 Å². The lowest BCUT2D eigenvalue weighted by Gasteiger charge is -2.22. The van der Waals surface area contributed by atoms with E-state index in [1.165, 1.54) is 37.7 Å². The van der Waals surface area contributed by atoms with Crippen LogP contribution in [0, 0.1) is 0 Å². The molecule has 0 N–H and O–H groups in total. The summed E-state index contributed by atoms with van der Waals surface area (Å²) < 4.78 is 36.7. The van der Waals surface area contributed by atoms with Crippen molar-refractivity contribution in [2.24, 2.45) is 0 Å². The molecular formula is C16H20BrF3. The maximum absolute atomic E-state index is 12.2. The zero-order chi connectivity index (χ0) is 14.6. The summed E-state index contributed by atoms with van der Waals surface area (Å²) in [6.07, 6.45) is 1.66. The Kier molecular flexibility index (Phi) is 5.53. The number of alkyl halides is 4. The molecule has 0 bridgehead atoms. The van der Waals surface area contributed by atoms with Crippen molar-refractivity contribution >= 4 is 15.9 Å². The third-order valence-electron chi connectivity index (χ3n) is 4.06. The lowest BCUT2D eigenvalue weighted by molar-refractivity contribution is -0.135. The summed E-state index contributed by atoms with van der Waals surface area (Å²) in [6.45, 7) is 0. The molecule has 0 nitrogen and oxygen atoms in total. The lowest BCUT2D eigenvalue weighted by atomic mass is 9.84. The number of rotatable bonds is 4. The number of hydrogen-bond acceptors (Lipinski definition) is 0. The first kappa shape index (κ1) is 15.9. The van der Waals surface area contributed by atoms with Gasteiger partial charge in [0.25, 0.3) is 0 Å². The van der Waals surface area contributed by atoms with E-state index in [0.29, 0.717) is 5.92 Å². The summed E-state index contributed by atoms with van der Waals surface area (Å²) in [5.74, 6) is 0.641. The van der Waals surface area contributed by atoms with Crippen LogP contribution in [0.3, 0.4) is 0 Å². The second-order valence-corrected chi connectivity index (χ2v) is 6.73. The molecule has 1 aromatic rings. The summed E-state index contributed by atoms with van der Waals surface area (Å²) in [7, 11) is 0. The predicted molar refractivity (Wildman–Crippen MR) is 79.2 cm³/mol. The summed E-state index contributed by atoms with van der Waals surface area (Å²) in [6, 6.07) is 8.12. The topological polar surface area (TPSA) is 0 Å². The van der Waals surface area contributed by atoms with Crippen LogP contribution in [0.2, 0.25) is 0 Å². The Hall–Kier alpha value is -0.510. The average molecular weight is 349 g/mol. The Morgan fingerprint density at radius 1 is 1.05 bits per heavy atom. The fraction of sp³-hybridized carbons (Fsp3) is 0.625. The highest BCUT2D eigenvalue weighted by Gasteiger charge is 2.28. The first-order chi connectivity index (χ1) is 9.46. The van der Waals surface area contributed by atoms with Crippen LogP contribution in [0.1, 0.15) is 66.8 Å². The highest BCUT2D eigenvalue weighted by Crippen LogP contribution is 2.36. The monoisotopic (exact) mass is 348 g/mol. The summed E-state index contributed by atoms with van der Waals surface area (Å²) in [5, 5.41) is 0. The maximum atomic E-state index is 12.2. The molecule has 1 aliphatic carbocycles. The zero-order valence-electron chi connectivity index (χ0n) is 11.4. The van der Waals surface area contributed by atoms with E-state index < -0.39 is 12.6 Å². The molecule has 1 unspecified atom stereocenters. The molecule has 112 valence electrons. The molecule has 0 aliphatic heterocycles. The second-order valence-electron chi connectivity index (χ2n) is 5.62. The fourth-order valence-corrected chi connectivity index (χ4v) is 3.40. The van der Waals surface area contributed by atoms with E-state index >= 15 is 0 Å². The van der Waals surface area contributed by atoms with Crippen molar-refractivity contribution < 1.29 is 13.2 Å². The van der Waals surface area contributed by atoms with Gasteiger partial charge < -0.3 is 0 Å². The van der Waals surface area contributed by atoms with Gasteiger partial charge in [-0.3, -0.25) is 0 Å². The van der Waals surface area contributed by atoms with Crippen LogP contribution in [0.5, 0.6) is 0 Å².